The van der Waals surface area contributed by atoms with Crippen LogP contribution in [0.3, 0.4) is 0 Å². The summed E-state index contributed by atoms with van der Waals surface area (Å²) in [6.07, 6.45) is 0.117. The number of nitrogen functional groups attached to an aromatic ring is 1. The highest BCUT2D eigenvalue weighted by atomic mass is 16.2. The van der Waals surface area contributed by atoms with Gasteiger partial charge in [-0.3, -0.25) is 9.59 Å². The molecule has 0 saturated carbocycles. The van der Waals surface area contributed by atoms with E-state index in [-0.39, 0.29) is 18.4 Å². The van der Waals surface area contributed by atoms with Gasteiger partial charge in [-0.1, -0.05) is 6.07 Å². The Bertz CT molecular complexity index is 483. The zero-order chi connectivity index (χ0) is 13.9. The molecule has 98 valence electrons. The van der Waals surface area contributed by atoms with E-state index in [1.807, 2.05) is 19.9 Å². The molecule has 5 N–H and O–H groups in total. The number of hydrogen-bond donors (Lipinski definition) is 3. The molecule has 0 saturated heterocycles. The Morgan fingerprint density at radius 1 is 1.28 bits per heavy atom. The van der Waals surface area contributed by atoms with Crippen LogP contribution in [0.15, 0.2) is 12.1 Å². The molecular weight excluding hydrogens is 230 g/mol. The highest BCUT2D eigenvalue weighted by molar-refractivity contribution is 5.97. The quantitative estimate of drug-likeness (QED) is 0.691. The van der Waals surface area contributed by atoms with E-state index in [2.05, 4.69) is 5.32 Å². The average molecular weight is 249 g/mol. The van der Waals surface area contributed by atoms with Gasteiger partial charge >= 0.3 is 0 Å². The molecule has 2 amide bonds. The summed E-state index contributed by atoms with van der Waals surface area (Å²) in [5, 5.41) is 2.72. The first-order valence-corrected chi connectivity index (χ1v) is 5.77. The van der Waals surface area contributed by atoms with E-state index in [9.17, 15) is 9.59 Å². The summed E-state index contributed by atoms with van der Waals surface area (Å²) >= 11 is 0. The molecule has 1 rings (SSSR count). The van der Waals surface area contributed by atoms with Crippen molar-refractivity contribution in [1.82, 2.24) is 5.32 Å². The third kappa shape index (κ3) is 3.48. The molecule has 5 heteroatoms. The zero-order valence-corrected chi connectivity index (χ0v) is 10.9. The Kier molecular flexibility index (Phi) is 4.31. The van der Waals surface area contributed by atoms with Gasteiger partial charge < -0.3 is 16.8 Å². The van der Waals surface area contributed by atoms with E-state index in [0.29, 0.717) is 11.3 Å². The van der Waals surface area contributed by atoms with Crippen molar-refractivity contribution in [3.05, 3.63) is 28.8 Å². The van der Waals surface area contributed by atoms with Crippen LogP contribution in [0.25, 0.3) is 0 Å². The number of hydrogen-bond acceptors (Lipinski definition) is 3. The zero-order valence-electron chi connectivity index (χ0n) is 10.9. The van der Waals surface area contributed by atoms with Crippen molar-refractivity contribution in [3.63, 3.8) is 0 Å². The summed E-state index contributed by atoms with van der Waals surface area (Å²) in [5.74, 6) is -0.684. The van der Waals surface area contributed by atoms with Crippen molar-refractivity contribution < 1.29 is 9.59 Å². The predicted octanol–water partition coefficient (Wildman–Crippen LogP) is 0.879. The maximum absolute atomic E-state index is 12.0. The summed E-state index contributed by atoms with van der Waals surface area (Å²) in [6.45, 7) is 5.47. The molecule has 1 atom stereocenters. The predicted molar refractivity (Wildman–Crippen MR) is 71.1 cm³/mol. The Morgan fingerprint density at radius 3 is 2.44 bits per heavy atom. The van der Waals surface area contributed by atoms with Gasteiger partial charge in [-0.2, -0.15) is 0 Å². The topological polar surface area (TPSA) is 98.2 Å². The van der Waals surface area contributed by atoms with Crippen LogP contribution in [-0.4, -0.2) is 17.9 Å². The first-order valence-electron chi connectivity index (χ1n) is 5.77. The molecule has 0 aliphatic carbocycles. The van der Waals surface area contributed by atoms with Gasteiger partial charge in [-0.25, -0.2) is 0 Å². The van der Waals surface area contributed by atoms with Crippen molar-refractivity contribution in [2.75, 3.05) is 5.73 Å². The Labute approximate surface area is 107 Å². The smallest absolute Gasteiger partial charge is 0.251 e. The minimum atomic E-state index is -0.442. The van der Waals surface area contributed by atoms with Crippen LogP contribution in [0.5, 0.6) is 0 Å². The molecule has 1 aromatic carbocycles. The van der Waals surface area contributed by atoms with Crippen LogP contribution in [0.4, 0.5) is 5.69 Å². The molecule has 0 aliphatic heterocycles. The normalized spacial score (nSPS) is 11.9. The van der Waals surface area contributed by atoms with Gasteiger partial charge in [-0.15, -0.1) is 0 Å². The Morgan fingerprint density at radius 2 is 1.89 bits per heavy atom. The lowest BCUT2D eigenvalue weighted by molar-refractivity contribution is -0.118. The maximum Gasteiger partial charge on any atom is 0.251 e. The molecule has 1 unspecified atom stereocenters. The number of anilines is 1. The molecule has 0 heterocycles. The van der Waals surface area contributed by atoms with Crippen molar-refractivity contribution in [2.45, 2.75) is 33.2 Å². The first kappa shape index (κ1) is 14.0. The number of nitrogens with one attached hydrogen (secondary N) is 1. The van der Waals surface area contributed by atoms with Crippen LogP contribution in [0, 0.1) is 13.8 Å². The second-order valence-corrected chi connectivity index (χ2v) is 4.57. The number of aryl methyl sites for hydroxylation is 2. The molecular formula is C13H19N3O2. The van der Waals surface area contributed by atoms with Gasteiger partial charge in [0.15, 0.2) is 0 Å². The van der Waals surface area contributed by atoms with Crippen molar-refractivity contribution in [1.29, 1.82) is 0 Å². The fourth-order valence-corrected chi connectivity index (χ4v) is 1.77. The van der Waals surface area contributed by atoms with Crippen molar-refractivity contribution in [2.24, 2.45) is 5.73 Å². The van der Waals surface area contributed by atoms with E-state index >= 15 is 0 Å². The largest absolute Gasteiger partial charge is 0.398 e. The first-order chi connectivity index (χ1) is 8.31. The Hall–Kier alpha value is -2.04. The maximum atomic E-state index is 12.0. The summed E-state index contributed by atoms with van der Waals surface area (Å²) < 4.78 is 0. The second-order valence-electron chi connectivity index (χ2n) is 4.57. The van der Waals surface area contributed by atoms with Crippen LogP contribution in [-0.2, 0) is 4.79 Å². The number of nitrogens with two attached hydrogens (primary N) is 2. The minimum Gasteiger partial charge on any atom is -0.398 e. The van der Waals surface area contributed by atoms with E-state index in [1.54, 1.807) is 13.0 Å². The fraction of sp³-hybridized carbons (Fsp3) is 0.385. The van der Waals surface area contributed by atoms with E-state index in [1.165, 1.54) is 0 Å². The Balaban J connectivity index is 2.85. The van der Waals surface area contributed by atoms with E-state index in [4.69, 9.17) is 11.5 Å². The summed E-state index contributed by atoms with van der Waals surface area (Å²) in [4.78, 5) is 22.7. The van der Waals surface area contributed by atoms with Gasteiger partial charge in [-0.05, 0) is 38.0 Å². The van der Waals surface area contributed by atoms with Gasteiger partial charge in [0.25, 0.3) is 5.91 Å². The molecule has 18 heavy (non-hydrogen) atoms. The highest BCUT2D eigenvalue weighted by Gasteiger charge is 2.14. The SMILES string of the molecule is Cc1cc(C)c(C(=O)NC(C)CC(N)=O)cc1N. The minimum absolute atomic E-state index is 0.117. The number of rotatable bonds is 4. The van der Waals surface area contributed by atoms with Crippen LogP contribution in [0.2, 0.25) is 0 Å². The van der Waals surface area contributed by atoms with Gasteiger partial charge in [0.05, 0.1) is 0 Å². The highest BCUT2D eigenvalue weighted by Crippen LogP contribution is 2.17. The number of primary amides is 1. The van der Waals surface area contributed by atoms with E-state index in [0.717, 1.165) is 11.1 Å². The number of amides is 2. The summed E-state index contributed by atoms with van der Waals surface area (Å²) in [5.41, 5.74) is 13.7. The van der Waals surface area contributed by atoms with Gasteiger partial charge in [0.2, 0.25) is 5.91 Å². The second kappa shape index (κ2) is 5.53. The summed E-state index contributed by atoms with van der Waals surface area (Å²) in [7, 11) is 0. The summed E-state index contributed by atoms with van der Waals surface area (Å²) in [6, 6.07) is 3.22. The number of carbonyl (C=O) groups excluding carboxylic acids is 2. The lowest BCUT2D eigenvalue weighted by Gasteiger charge is -2.14. The van der Waals surface area contributed by atoms with Crippen LogP contribution in [0.1, 0.15) is 34.8 Å². The molecule has 0 fully saturated rings. The standard InChI is InChI=1S/C13H19N3O2/c1-7-4-8(2)11(14)6-10(7)13(18)16-9(3)5-12(15)17/h4,6,9H,5,14H2,1-3H3,(H2,15,17)(H,16,18). The molecule has 0 aliphatic rings. The molecule has 1 aromatic rings. The van der Waals surface area contributed by atoms with Gasteiger partial charge in [0, 0.05) is 23.7 Å². The van der Waals surface area contributed by atoms with E-state index < -0.39 is 5.91 Å². The van der Waals surface area contributed by atoms with Crippen molar-refractivity contribution >= 4 is 17.5 Å². The van der Waals surface area contributed by atoms with Gasteiger partial charge in [0.1, 0.15) is 0 Å². The number of benzene rings is 1. The molecule has 0 aromatic heterocycles. The lowest BCUT2D eigenvalue weighted by atomic mass is 10.0. The lowest BCUT2D eigenvalue weighted by Crippen LogP contribution is -2.36. The molecule has 0 radical (unpaired) electrons. The fourth-order valence-electron chi connectivity index (χ4n) is 1.77. The monoisotopic (exact) mass is 249 g/mol. The third-order valence-corrected chi connectivity index (χ3v) is 2.74. The van der Waals surface area contributed by atoms with Crippen LogP contribution >= 0.6 is 0 Å². The van der Waals surface area contributed by atoms with Crippen molar-refractivity contribution in [3.8, 4) is 0 Å². The molecule has 0 spiro atoms. The molecule has 0 bridgehead atoms. The average Bonchev–Trinajstić information content (AvgIpc) is 2.21. The third-order valence-electron chi connectivity index (χ3n) is 2.74. The number of carbonyl (C=O) groups is 2. The molecule has 5 nitrogen and oxygen atoms in total. The van der Waals surface area contributed by atoms with Crippen LogP contribution < -0.4 is 16.8 Å².